The first kappa shape index (κ1) is 57.6. The number of ketones is 2. The van der Waals surface area contributed by atoms with Gasteiger partial charge >= 0.3 is 0 Å². The zero-order valence-corrected chi connectivity index (χ0v) is 52.9. The van der Waals surface area contributed by atoms with Crippen molar-refractivity contribution in [2.24, 2.45) is 56.2 Å². The minimum absolute atomic E-state index is 0.0904. The molecule has 3 aromatic heterocycles. The fourth-order valence-electron chi connectivity index (χ4n) is 23.9. The molecule has 16 atom stereocenters. The number of carbonyl (C=O) groups excluding carboxylic acids is 2. The number of nitrogens with zero attached hydrogens (tertiary/aromatic N) is 1. The van der Waals surface area contributed by atoms with E-state index in [-0.39, 0.29) is 47.0 Å². The summed E-state index contributed by atoms with van der Waals surface area (Å²) in [6.07, 6.45) is 27.1. The fourth-order valence-corrected chi connectivity index (χ4v) is 23.9. The lowest BCUT2D eigenvalue weighted by Crippen LogP contribution is -2.75. The number of aromatic amines is 2. The van der Waals surface area contributed by atoms with Gasteiger partial charge in [-0.15, -0.1) is 0 Å². The number of ether oxygens (including phenoxy) is 2. The van der Waals surface area contributed by atoms with Gasteiger partial charge in [-0.25, -0.2) is 0 Å². The molecule has 0 radical (unpaired) electrons. The van der Waals surface area contributed by atoms with Crippen LogP contribution in [-0.2, 0) is 44.1 Å². The van der Waals surface area contributed by atoms with E-state index in [0.717, 1.165) is 107 Å². The van der Waals surface area contributed by atoms with Crippen molar-refractivity contribution in [2.75, 3.05) is 20.3 Å². The predicted molar refractivity (Wildman–Crippen MR) is 332 cm³/mol. The molecule has 2 saturated heterocycles. The maximum atomic E-state index is 16.9. The van der Waals surface area contributed by atoms with Crippen LogP contribution in [0.2, 0.25) is 0 Å². The SMILES string of the molecule is CCCCCC1C(=O)C2=C3C(Cn4cc(Cc5cc(C6CCCCC6)cc(C6(O)CCOCC6)c5)c5[nH]cc(c54)CCC2(C)CC(O)C2OC2(C)C)C(O)C2C(C)(CCC4C5(CCCC(NC)C5)C(=O)C5c6cc[nH]c6C6CCC5(C6)C42C)C31C. The summed E-state index contributed by atoms with van der Waals surface area (Å²) >= 11 is 0. The summed E-state index contributed by atoms with van der Waals surface area (Å²) in [5.41, 5.74) is 8.44. The topological polar surface area (TPSA) is 165 Å². The van der Waals surface area contributed by atoms with Gasteiger partial charge in [-0.3, -0.25) is 9.59 Å². The fraction of sp³-hybridized carbons (Fsp3) is 0.730. The second-order valence-corrected chi connectivity index (χ2v) is 32.2. The van der Waals surface area contributed by atoms with Crippen molar-refractivity contribution < 1.29 is 34.4 Å². The maximum Gasteiger partial charge on any atom is 0.163 e. The van der Waals surface area contributed by atoms with Crippen LogP contribution in [0.25, 0.3) is 11.0 Å². The number of aromatic nitrogens is 3. The Morgan fingerprint density at radius 1 is 0.871 bits per heavy atom. The van der Waals surface area contributed by atoms with E-state index in [2.05, 4.69) is 118 Å². The highest BCUT2D eigenvalue weighted by molar-refractivity contribution is 6.04. The van der Waals surface area contributed by atoms with Gasteiger partial charge in [0.25, 0.3) is 0 Å². The molecule has 85 heavy (non-hydrogen) atoms. The Balaban J connectivity index is 0.937. The van der Waals surface area contributed by atoms with Crippen LogP contribution in [0.4, 0.5) is 0 Å². The number of hydrogen-bond acceptors (Lipinski definition) is 8. The lowest BCUT2D eigenvalue weighted by atomic mass is 9.26. The number of rotatable bonds is 12. The Morgan fingerprint density at radius 3 is 2.41 bits per heavy atom. The van der Waals surface area contributed by atoms with E-state index in [1.165, 1.54) is 76.7 Å². The third kappa shape index (κ3) is 8.02. The number of allylic oxidation sites excluding steroid dienone is 1. The molecule has 6 saturated carbocycles. The van der Waals surface area contributed by atoms with Crippen LogP contribution < -0.4 is 5.32 Å². The van der Waals surface area contributed by atoms with E-state index in [9.17, 15) is 10.2 Å². The Morgan fingerprint density at radius 2 is 1.66 bits per heavy atom. The van der Waals surface area contributed by atoms with Crippen molar-refractivity contribution in [1.82, 2.24) is 19.9 Å². The molecule has 11 aliphatic rings. The molecule has 6 heterocycles. The Labute approximate surface area is 506 Å². The third-order valence-electron chi connectivity index (χ3n) is 28.0. The molecule has 15 rings (SSSR count). The van der Waals surface area contributed by atoms with Crippen molar-refractivity contribution in [3.8, 4) is 0 Å². The van der Waals surface area contributed by atoms with Gasteiger partial charge < -0.3 is 44.6 Å². The molecule has 16 unspecified atom stereocenters. The summed E-state index contributed by atoms with van der Waals surface area (Å²) in [7, 11) is 2.10. The smallest absolute Gasteiger partial charge is 0.163 e. The molecule has 0 amide bonds. The predicted octanol–water partition coefficient (Wildman–Crippen LogP) is 13.7. The monoisotopic (exact) mass is 1160 g/mol. The van der Waals surface area contributed by atoms with Crippen LogP contribution in [0.5, 0.6) is 0 Å². The van der Waals surface area contributed by atoms with Gasteiger partial charge in [-0.05, 0) is 201 Å². The lowest BCUT2D eigenvalue weighted by molar-refractivity contribution is -0.275. The number of aliphatic hydroxyl groups is 3. The van der Waals surface area contributed by atoms with Crippen LogP contribution in [-0.4, -0.2) is 91.6 Å². The molecule has 8 fully saturated rings. The van der Waals surface area contributed by atoms with Gasteiger partial charge in [-0.1, -0.05) is 97.8 Å². The molecule has 11 heteroatoms. The van der Waals surface area contributed by atoms with Crippen molar-refractivity contribution in [3.05, 3.63) is 93.1 Å². The summed E-state index contributed by atoms with van der Waals surface area (Å²) in [6.45, 7) is 18.1. The van der Waals surface area contributed by atoms with Crippen LogP contribution in [0, 0.1) is 56.2 Å². The largest absolute Gasteiger partial charge is 0.392 e. The minimum Gasteiger partial charge on any atom is -0.392 e. The number of nitrogens with one attached hydrogen (secondary N) is 3. The average molecular weight is 1160 g/mol. The van der Waals surface area contributed by atoms with Crippen molar-refractivity contribution in [2.45, 2.75) is 262 Å². The molecule has 6 N–H and O–H groups in total. The first-order valence-electron chi connectivity index (χ1n) is 34.5. The van der Waals surface area contributed by atoms with Crippen LogP contribution in [0.15, 0.2) is 54.0 Å². The number of unbranched alkanes of at least 4 members (excludes halogenated alkanes) is 2. The van der Waals surface area contributed by atoms with E-state index >= 15 is 14.7 Å². The number of H-pyrrole nitrogens is 2. The number of epoxide rings is 1. The summed E-state index contributed by atoms with van der Waals surface area (Å²) < 4.78 is 14.6. The minimum atomic E-state index is -0.932. The maximum absolute atomic E-state index is 16.9. The molecule has 3 aliphatic heterocycles. The normalized spacial score (nSPS) is 41.1. The molecular formula is C74H102N4O7. The van der Waals surface area contributed by atoms with Crippen LogP contribution in [0.3, 0.4) is 0 Å². The molecule has 1 aromatic carbocycles. The van der Waals surface area contributed by atoms with E-state index in [0.29, 0.717) is 69.5 Å². The summed E-state index contributed by atoms with van der Waals surface area (Å²) in [4.78, 5) is 41.1. The highest BCUT2D eigenvalue weighted by atomic mass is 16.6. The number of Topliss-reactive ketones (excluding diaryl/α,β-unsaturated/α-hetero) is 2. The van der Waals surface area contributed by atoms with Gasteiger partial charge in [0.15, 0.2) is 5.78 Å². The summed E-state index contributed by atoms with van der Waals surface area (Å²) in [5.74, 6) is 0.543. The molecular weight excluding hydrogens is 1060 g/mol. The quantitative estimate of drug-likeness (QED) is 0.0603. The molecule has 4 aromatic rings. The van der Waals surface area contributed by atoms with E-state index in [1.54, 1.807) is 0 Å². The summed E-state index contributed by atoms with van der Waals surface area (Å²) in [6, 6.07) is 9.62. The van der Waals surface area contributed by atoms with E-state index in [1.807, 2.05) is 0 Å². The lowest BCUT2D eigenvalue weighted by Gasteiger charge is -2.77. The van der Waals surface area contributed by atoms with Crippen LogP contribution in [0.1, 0.15) is 247 Å². The molecule has 8 aliphatic carbocycles. The molecule has 460 valence electrons. The Kier molecular flexibility index (Phi) is 13.6. The van der Waals surface area contributed by atoms with E-state index in [4.69, 9.17) is 9.47 Å². The van der Waals surface area contributed by atoms with E-state index < -0.39 is 56.4 Å². The summed E-state index contributed by atoms with van der Waals surface area (Å²) in [5, 5.41) is 43.7. The van der Waals surface area contributed by atoms with Gasteiger partial charge in [0.2, 0.25) is 0 Å². The van der Waals surface area contributed by atoms with Crippen molar-refractivity contribution in [1.29, 1.82) is 0 Å². The second-order valence-electron chi connectivity index (χ2n) is 32.2. The number of fused-ring (bicyclic) bond motifs is 9. The zero-order chi connectivity index (χ0) is 59.0. The molecule has 11 nitrogen and oxygen atoms in total. The third-order valence-corrected chi connectivity index (χ3v) is 28.0. The Bertz CT molecular complexity index is 3330. The number of aryl methyl sites for hydroxylation is 1. The number of carbonyl (C=O) groups is 2. The molecule has 2 bridgehead atoms. The van der Waals surface area contributed by atoms with Gasteiger partial charge in [-0.2, -0.15) is 0 Å². The van der Waals surface area contributed by atoms with Crippen molar-refractivity contribution >= 4 is 22.6 Å². The standard InChI is InChI=1S/C74H102N4O7/c1-9-10-12-19-53-63(81)58-56-52(62(80)64-69(5,70(53,56)6)26-22-55-71(64,7)73-27-21-45(37-73)59-51(23-30-76-59)57(73)65(82)72(55)24-15-18-50(38-72)75-8)42-78-41-48(60-61(78)46(40-77-60)20-25-68(58,4)39-54(79)66-67(2,3)85-66)34-43-33-47(44-16-13-11-14-17-44)36-49(35-43)74(83)28-31-84-32-29-74/h23,30,33,35-36,40-41,44-45,50,52-55,57,62,64,66,75-77,79-80,83H,9-22,24-29,31-32,34,37-39,42H2,1-8H3. The first-order chi connectivity index (χ1) is 40.7. The second kappa shape index (κ2) is 20.1. The average Bonchev–Trinajstić information content (AvgIpc) is 1.66. The number of benzene rings is 1. The zero-order valence-electron chi connectivity index (χ0n) is 52.9. The molecule has 2 spiro atoms. The highest BCUT2D eigenvalue weighted by Crippen LogP contribution is 2.85. The first-order valence-corrected chi connectivity index (χ1v) is 34.5. The highest BCUT2D eigenvalue weighted by Gasteiger charge is 2.82. The Hall–Kier alpha value is -3.84. The van der Waals surface area contributed by atoms with Gasteiger partial charge in [0, 0.05) is 97.6 Å². The number of hydrogen-bond donors (Lipinski definition) is 6. The van der Waals surface area contributed by atoms with Crippen molar-refractivity contribution in [3.63, 3.8) is 0 Å². The van der Waals surface area contributed by atoms with Gasteiger partial charge in [0.1, 0.15) is 11.9 Å². The van der Waals surface area contributed by atoms with Crippen LogP contribution >= 0.6 is 0 Å². The van der Waals surface area contributed by atoms with Gasteiger partial charge in [0.05, 0.1) is 40.4 Å². The number of aliphatic hydroxyl groups excluding tert-OH is 2.